The van der Waals surface area contributed by atoms with E-state index in [-0.39, 0.29) is 24.9 Å². The Hall–Kier alpha value is -2.43. The van der Waals surface area contributed by atoms with Crippen molar-refractivity contribution in [2.45, 2.75) is 39.2 Å². The van der Waals surface area contributed by atoms with E-state index in [2.05, 4.69) is 29.8 Å². The Balaban J connectivity index is 4.47. The van der Waals surface area contributed by atoms with Crippen LogP contribution in [0.1, 0.15) is 33.1 Å². The number of hydrogen-bond acceptors (Lipinski definition) is 6. The van der Waals surface area contributed by atoms with Gasteiger partial charge in [0, 0.05) is 13.1 Å². The van der Waals surface area contributed by atoms with Crippen molar-refractivity contribution >= 4 is 17.8 Å². The average molecular weight is 373 g/mol. The summed E-state index contributed by atoms with van der Waals surface area (Å²) in [7, 11) is 3.52. The summed E-state index contributed by atoms with van der Waals surface area (Å²) in [6.07, 6.45) is 1.65. The third-order valence-corrected chi connectivity index (χ3v) is 3.31. The zero-order valence-corrected chi connectivity index (χ0v) is 15.9. The molecular formula is C15H31N7O4. The first kappa shape index (κ1) is 23.6. The molecule has 0 unspecified atom stereocenters. The van der Waals surface area contributed by atoms with Crippen LogP contribution in [0.2, 0.25) is 0 Å². The molecule has 0 aromatic heterocycles. The number of guanidine groups is 1. The van der Waals surface area contributed by atoms with Gasteiger partial charge in [0.25, 0.3) is 5.96 Å². The number of carbonyl (C=O) groups is 2. The zero-order valence-electron chi connectivity index (χ0n) is 15.9. The molecule has 0 spiro atoms. The lowest BCUT2D eigenvalue weighted by atomic mass is 10.1. The Labute approximate surface area is 153 Å². The molecule has 0 fully saturated rings. The number of rotatable bonds is 12. The van der Waals surface area contributed by atoms with Gasteiger partial charge < -0.3 is 20.9 Å². The van der Waals surface area contributed by atoms with Gasteiger partial charge in [-0.15, -0.1) is 0 Å². The lowest BCUT2D eigenvalue weighted by Crippen LogP contribution is -2.49. The second-order valence-electron chi connectivity index (χ2n) is 6.64. The Morgan fingerprint density at radius 2 is 1.81 bits per heavy atom. The zero-order chi connectivity index (χ0) is 20.1. The maximum atomic E-state index is 12.3. The smallest absolute Gasteiger partial charge is 0.251 e. The minimum atomic E-state index is -0.832. The van der Waals surface area contributed by atoms with E-state index in [1.165, 1.54) is 0 Å². The molecule has 26 heavy (non-hydrogen) atoms. The van der Waals surface area contributed by atoms with Crippen molar-refractivity contribution in [2.24, 2.45) is 5.92 Å². The molecule has 0 aliphatic heterocycles. The Morgan fingerprint density at radius 3 is 2.35 bits per heavy atom. The van der Waals surface area contributed by atoms with Gasteiger partial charge in [-0.2, -0.15) is 0 Å². The summed E-state index contributed by atoms with van der Waals surface area (Å²) in [6.45, 7) is 5.08. The third-order valence-electron chi connectivity index (χ3n) is 3.31. The molecule has 1 atom stereocenters. The van der Waals surface area contributed by atoms with Crippen LogP contribution in [0.3, 0.4) is 0 Å². The maximum Gasteiger partial charge on any atom is 0.251 e. The number of nitro groups is 1. The van der Waals surface area contributed by atoms with Gasteiger partial charge in [0.05, 0.1) is 6.54 Å². The molecule has 0 radical (unpaired) electrons. The Morgan fingerprint density at radius 1 is 1.15 bits per heavy atom. The molecule has 2 amide bonds. The van der Waals surface area contributed by atoms with Crippen LogP contribution in [0, 0.1) is 21.4 Å². The predicted molar refractivity (Wildman–Crippen MR) is 98.0 cm³/mol. The van der Waals surface area contributed by atoms with E-state index in [9.17, 15) is 19.7 Å². The van der Waals surface area contributed by atoms with Gasteiger partial charge in [0.2, 0.25) is 11.8 Å². The first-order valence-corrected chi connectivity index (χ1v) is 8.57. The molecule has 0 aliphatic carbocycles. The second-order valence-corrected chi connectivity index (χ2v) is 6.64. The van der Waals surface area contributed by atoms with E-state index >= 15 is 0 Å². The molecule has 0 heterocycles. The standard InChI is InChI=1S/C15H31N7O4/c1-11(2)7-9-17-14(24)12(19-13(23)10-21(3)4)6-5-8-18-15(16)20-22(25)26/h11-12H,5-10H2,1-4H3,(H,17,24)(H,19,23)(H3,16,18,20)/t12-/m0/s1. The molecule has 0 aromatic carbocycles. The predicted octanol–water partition coefficient (Wildman–Crippen LogP) is -0.719. The fourth-order valence-corrected chi connectivity index (χ4v) is 2.05. The number of nitrogens with one attached hydrogen (secondary N) is 5. The number of hydrazine groups is 1. The van der Waals surface area contributed by atoms with Crippen LogP contribution in [0.5, 0.6) is 0 Å². The molecule has 0 aromatic rings. The van der Waals surface area contributed by atoms with E-state index in [1.807, 2.05) is 0 Å². The van der Waals surface area contributed by atoms with E-state index in [4.69, 9.17) is 5.41 Å². The van der Waals surface area contributed by atoms with Crippen LogP contribution in [0.25, 0.3) is 0 Å². The molecular weight excluding hydrogens is 342 g/mol. The summed E-state index contributed by atoms with van der Waals surface area (Å²) in [5.74, 6) is -0.475. The number of amides is 2. The maximum absolute atomic E-state index is 12.3. The van der Waals surface area contributed by atoms with Crippen molar-refractivity contribution in [1.82, 2.24) is 26.3 Å². The summed E-state index contributed by atoms with van der Waals surface area (Å²) in [5.41, 5.74) is 1.69. The van der Waals surface area contributed by atoms with Gasteiger partial charge in [-0.25, -0.2) is 10.1 Å². The first-order chi connectivity index (χ1) is 12.1. The van der Waals surface area contributed by atoms with Crippen molar-refractivity contribution in [3.8, 4) is 0 Å². The van der Waals surface area contributed by atoms with Crippen molar-refractivity contribution in [3.63, 3.8) is 0 Å². The normalized spacial score (nSPS) is 11.8. The lowest BCUT2D eigenvalue weighted by Gasteiger charge is -2.20. The van der Waals surface area contributed by atoms with E-state index in [0.717, 1.165) is 6.42 Å². The number of carbonyl (C=O) groups excluding carboxylic acids is 2. The molecule has 0 bridgehead atoms. The van der Waals surface area contributed by atoms with Gasteiger partial charge >= 0.3 is 0 Å². The quantitative estimate of drug-likeness (QED) is 0.0995. The molecule has 150 valence electrons. The van der Waals surface area contributed by atoms with Crippen molar-refractivity contribution in [3.05, 3.63) is 10.1 Å². The van der Waals surface area contributed by atoms with E-state index in [0.29, 0.717) is 25.3 Å². The van der Waals surface area contributed by atoms with Crippen LogP contribution >= 0.6 is 0 Å². The molecule has 0 rings (SSSR count). The minimum absolute atomic E-state index is 0.172. The molecule has 0 aliphatic rings. The highest BCUT2D eigenvalue weighted by Gasteiger charge is 2.20. The Kier molecular flexibility index (Phi) is 11.7. The summed E-state index contributed by atoms with van der Waals surface area (Å²) in [6, 6.07) is -0.686. The highest BCUT2D eigenvalue weighted by atomic mass is 16.7. The van der Waals surface area contributed by atoms with E-state index < -0.39 is 17.0 Å². The van der Waals surface area contributed by atoms with Gasteiger partial charge in [-0.1, -0.05) is 19.3 Å². The molecule has 0 saturated carbocycles. The fraction of sp³-hybridized carbons (Fsp3) is 0.800. The number of likely N-dealkylation sites (N-methyl/N-ethyl adjacent to an activating group) is 1. The number of hydrogen-bond donors (Lipinski definition) is 5. The molecule has 11 nitrogen and oxygen atoms in total. The van der Waals surface area contributed by atoms with E-state index in [1.54, 1.807) is 24.4 Å². The van der Waals surface area contributed by atoms with Crippen molar-refractivity contribution in [2.75, 3.05) is 33.7 Å². The largest absolute Gasteiger partial charge is 0.354 e. The van der Waals surface area contributed by atoms with Crippen LogP contribution in [-0.2, 0) is 9.59 Å². The monoisotopic (exact) mass is 373 g/mol. The molecule has 11 heteroatoms. The summed E-state index contributed by atoms with van der Waals surface area (Å²) >= 11 is 0. The van der Waals surface area contributed by atoms with Crippen LogP contribution in [0.4, 0.5) is 0 Å². The average Bonchev–Trinajstić information content (AvgIpc) is 2.48. The summed E-state index contributed by atoms with van der Waals surface area (Å²) in [5, 5.41) is 24.7. The fourth-order valence-electron chi connectivity index (χ4n) is 2.05. The SMILES string of the molecule is CC(C)CCNC(=O)[C@H](CCCNC(=N)N[N+](=O)[O-])NC(=O)CN(C)C. The van der Waals surface area contributed by atoms with Crippen molar-refractivity contribution < 1.29 is 14.6 Å². The minimum Gasteiger partial charge on any atom is -0.354 e. The highest BCUT2D eigenvalue weighted by Crippen LogP contribution is 2.00. The topological polar surface area (TPSA) is 152 Å². The third kappa shape index (κ3) is 12.9. The second kappa shape index (κ2) is 12.9. The lowest BCUT2D eigenvalue weighted by molar-refractivity contribution is -0.525. The Bertz CT molecular complexity index is 483. The molecule has 5 N–H and O–H groups in total. The van der Waals surface area contributed by atoms with Crippen molar-refractivity contribution in [1.29, 1.82) is 5.41 Å². The van der Waals surface area contributed by atoms with Gasteiger partial charge in [0.15, 0.2) is 5.03 Å². The summed E-state index contributed by atoms with van der Waals surface area (Å²) < 4.78 is 0. The van der Waals surface area contributed by atoms with Gasteiger partial charge in [0.1, 0.15) is 6.04 Å². The van der Waals surface area contributed by atoms with Gasteiger partial charge in [-0.3, -0.25) is 15.0 Å². The first-order valence-electron chi connectivity index (χ1n) is 8.57. The van der Waals surface area contributed by atoms with Crippen LogP contribution in [-0.4, -0.2) is 67.5 Å². The van der Waals surface area contributed by atoms with Gasteiger partial charge in [-0.05, 0) is 39.3 Å². The van der Waals surface area contributed by atoms with Crippen LogP contribution < -0.4 is 21.4 Å². The summed E-state index contributed by atoms with van der Waals surface area (Å²) in [4.78, 5) is 36.2. The number of nitrogens with zero attached hydrogens (tertiary/aromatic N) is 2. The van der Waals surface area contributed by atoms with Crippen LogP contribution in [0.15, 0.2) is 0 Å². The highest BCUT2D eigenvalue weighted by molar-refractivity contribution is 5.88. The molecule has 0 saturated heterocycles.